The molecule has 3 nitrogen and oxygen atoms in total. The summed E-state index contributed by atoms with van der Waals surface area (Å²) in [6.07, 6.45) is 4.45. The molecule has 0 spiro atoms. The predicted octanol–water partition coefficient (Wildman–Crippen LogP) is 3.92. The van der Waals surface area contributed by atoms with Crippen LogP contribution in [0.2, 0.25) is 0 Å². The van der Waals surface area contributed by atoms with Crippen LogP contribution in [0.4, 0.5) is 5.69 Å². The molecule has 0 saturated carbocycles. The molecular formula is C15H16N2OS. The molecular weight excluding hydrogens is 256 g/mol. The summed E-state index contributed by atoms with van der Waals surface area (Å²) in [6.45, 7) is 2.08. The minimum Gasteiger partial charge on any atom is -0.469 e. The highest BCUT2D eigenvalue weighted by atomic mass is 32.2. The summed E-state index contributed by atoms with van der Waals surface area (Å²) in [5, 5.41) is 12.7. The quantitative estimate of drug-likeness (QED) is 0.838. The topological polar surface area (TPSA) is 49.0 Å². The SMILES string of the molecule is CSc1cccc(NC(C)Cc2ccco2)c1C#N. The lowest BCUT2D eigenvalue weighted by Gasteiger charge is -2.16. The second-order valence-electron chi connectivity index (χ2n) is 4.32. The lowest BCUT2D eigenvalue weighted by Crippen LogP contribution is -2.18. The van der Waals surface area contributed by atoms with Crippen molar-refractivity contribution in [1.82, 2.24) is 0 Å². The lowest BCUT2D eigenvalue weighted by atomic mass is 10.1. The third kappa shape index (κ3) is 3.33. The van der Waals surface area contributed by atoms with Crippen LogP contribution >= 0.6 is 11.8 Å². The molecule has 0 fully saturated rings. The Balaban J connectivity index is 2.12. The highest BCUT2D eigenvalue weighted by Gasteiger charge is 2.11. The van der Waals surface area contributed by atoms with E-state index in [9.17, 15) is 5.26 Å². The Kier molecular flexibility index (Phi) is 4.53. The van der Waals surface area contributed by atoms with E-state index in [0.717, 1.165) is 22.8 Å². The summed E-state index contributed by atoms with van der Waals surface area (Å²) in [7, 11) is 0. The summed E-state index contributed by atoms with van der Waals surface area (Å²) in [5.74, 6) is 0.944. The average molecular weight is 272 g/mol. The van der Waals surface area contributed by atoms with Crippen molar-refractivity contribution in [3.05, 3.63) is 47.9 Å². The fourth-order valence-corrected chi connectivity index (χ4v) is 2.56. The zero-order valence-electron chi connectivity index (χ0n) is 11.0. The van der Waals surface area contributed by atoms with Crippen LogP contribution in [-0.2, 0) is 6.42 Å². The van der Waals surface area contributed by atoms with E-state index in [1.165, 1.54) is 0 Å². The molecule has 0 aliphatic carbocycles. The third-order valence-electron chi connectivity index (χ3n) is 2.85. The number of nitriles is 1. The maximum atomic E-state index is 9.28. The van der Waals surface area contributed by atoms with E-state index < -0.39 is 0 Å². The number of nitrogens with zero attached hydrogens (tertiary/aromatic N) is 1. The van der Waals surface area contributed by atoms with Crippen LogP contribution in [0.3, 0.4) is 0 Å². The molecule has 2 rings (SSSR count). The van der Waals surface area contributed by atoms with Gasteiger partial charge in [0.25, 0.3) is 0 Å². The molecule has 0 bridgehead atoms. The largest absolute Gasteiger partial charge is 0.469 e. The molecule has 1 atom stereocenters. The van der Waals surface area contributed by atoms with Crippen LogP contribution in [0, 0.1) is 11.3 Å². The van der Waals surface area contributed by atoms with Crippen LogP contribution in [-0.4, -0.2) is 12.3 Å². The molecule has 4 heteroatoms. The average Bonchev–Trinajstić information content (AvgIpc) is 2.91. The van der Waals surface area contributed by atoms with Crippen molar-refractivity contribution in [1.29, 1.82) is 5.26 Å². The van der Waals surface area contributed by atoms with Crippen LogP contribution in [0.25, 0.3) is 0 Å². The van der Waals surface area contributed by atoms with Gasteiger partial charge in [-0.2, -0.15) is 5.26 Å². The third-order valence-corrected chi connectivity index (χ3v) is 3.63. The Morgan fingerprint density at radius 3 is 2.84 bits per heavy atom. The van der Waals surface area contributed by atoms with Crippen LogP contribution in [0.15, 0.2) is 45.9 Å². The van der Waals surface area contributed by atoms with Gasteiger partial charge in [-0.05, 0) is 37.4 Å². The van der Waals surface area contributed by atoms with Crippen LogP contribution in [0.1, 0.15) is 18.2 Å². The van der Waals surface area contributed by atoms with E-state index in [0.29, 0.717) is 5.56 Å². The Labute approximate surface area is 117 Å². The van der Waals surface area contributed by atoms with Gasteiger partial charge in [0, 0.05) is 17.4 Å². The fraction of sp³-hybridized carbons (Fsp3) is 0.267. The van der Waals surface area contributed by atoms with Crippen molar-refractivity contribution in [2.45, 2.75) is 24.3 Å². The summed E-state index contributed by atoms with van der Waals surface area (Å²) in [6, 6.07) is 12.2. The summed E-state index contributed by atoms with van der Waals surface area (Å²) < 4.78 is 5.33. The van der Waals surface area contributed by atoms with Crippen LogP contribution in [0.5, 0.6) is 0 Å². The molecule has 0 saturated heterocycles. The van der Waals surface area contributed by atoms with Crippen molar-refractivity contribution in [3.63, 3.8) is 0 Å². The van der Waals surface area contributed by atoms with Crippen molar-refractivity contribution >= 4 is 17.4 Å². The number of nitrogens with one attached hydrogen (secondary N) is 1. The Morgan fingerprint density at radius 1 is 1.37 bits per heavy atom. The minimum atomic E-state index is 0.204. The van der Waals surface area contributed by atoms with Gasteiger partial charge in [0.2, 0.25) is 0 Å². The predicted molar refractivity (Wildman–Crippen MR) is 78.4 cm³/mol. The van der Waals surface area contributed by atoms with Crippen molar-refractivity contribution < 1.29 is 4.42 Å². The molecule has 1 aromatic carbocycles. The molecule has 0 aliphatic heterocycles. The molecule has 2 aromatic rings. The zero-order valence-corrected chi connectivity index (χ0v) is 11.8. The number of furan rings is 1. The van der Waals surface area contributed by atoms with Gasteiger partial charge < -0.3 is 9.73 Å². The van der Waals surface area contributed by atoms with Gasteiger partial charge in [-0.3, -0.25) is 0 Å². The van der Waals surface area contributed by atoms with E-state index in [1.54, 1.807) is 18.0 Å². The highest BCUT2D eigenvalue weighted by Crippen LogP contribution is 2.27. The monoisotopic (exact) mass is 272 g/mol. The van der Waals surface area contributed by atoms with E-state index in [-0.39, 0.29) is 6.04 Å². The highest BCUT2D eigenvalue weighted by molar-refractivity contribution is 7.98. The van der Waals surface area contributed by atoms with Crippen molar-refractivity contribution in [3.8, 4) is 6.07 Å². The lowest BCUT2D eigenvalue weighted by molar-refractivity contribution is 0.498. The molecule has 1 unspecified atom stereocenters. The molecule has 1 N–H and O–H groups in total. The van der Waals surface area contributed by atoms with Crippen LogP contribution < -0.4 is 5.32 Å². The molecule has 98 valence electrons. The van der Waals surface area contributed by atoms with Gasteiger partial charge in [0.15, 0.2) is 0 Å². The van der Waals surface area contributed by atoms with Gasteiger partial charge in [0.05, 0.1) is 17.5 Å². The first-order chi connectivity index (χ1) is 9.24. The number of anilines is 1. The maximum absolute atomic E-state index is 9.28. The standard InChI is InChI=1S/C15H16N2OS/c1-11(9-12-5-4-8-18-12)17-14-6-3-7-15(19-2)13(14)10-16/h3-8,11,17H,9H2,1-2H3. The smallest absolute Gasteiger partial charge is 0.105 e. The maximum Gasteiger partial charge on any atom is 0.105 e. The number of benzene rings is 1. The summed E-state index contributed by atoms with van der Waals surface area (Å²) in [5.41, 5.74) is 1.59. The first kappa shape index (κ1) is 13.6. The normalized spacial score (nSPS) is 11.8. The first-order valence-electron chi connectivity index (χ1n) is 6.10. The number of hydrogen-bond donors (Lipinski definition) is 1. The molecule has 0 aliphatic rings. The molecule has 1 aromatic heterocycles. The Morgan fingerprint density at radius 2 is 2.21 bits per heavy atom. The fourth-order valence-electron chi connectivity index (χ4n) is 1.98. The minimum absolute atomic E-state index is 0.204. The van der Waals surface area contributed by atoms with Gasteiger partial charge in [-0.25, -0.2) is 0 Å². The number of rotatable bonds is 5. The molecule has 0 radical (unpaired) electrons. The Bertz CT molecular complexity index is 572. The van der Waals surface area contributed by atoms with E-state index in [2.05, 4.69) is 18.3 Å². The number of hydrogen-bond acceptors (Lipinski definition) is 4. The Hall–Kier alpha value is -1.86. The first-order valence-corrected chi connectivity index (χ1v) is 7.33. The van der Waals surface area contributed by atoms with Gasteiger partial charge in [-0.1, -0.05) is 6.07 Å². The second kappa shape index (κ2) is 6.35. The van der Waals surface area contributed by atoms with Gasteiger partial charge in [-0.15, -0.1) is 11.8 Å². The van der Waals surface area contributed by atoms with Crippen molar-refractivity contribution in [2.75, 3.05) is 11.6 Å². The summed E-state index contributed by atoms with van der Waals surface area (Å²) >= 11 is 1.59. The molecule has 0 amide bonds. The second-order valence-corrected chi connectivity index (χ2v) is 5.17. The van der Waals surface area contributed by atoms with Gasteiger partial charge >= 0.3 is 0 Å². The zero-order chi connectivity index (χ0) is 13.7. The van der Waals surface area contributed by atoms with E-state index >= 15 is 0 Å². The van der Waals surface area contributed by atoms with E-state index in [1.807, 2.05) is 36.6 Å². The number of thioether (sulfide) groups is 1. The van der Waals surface area contributed by atoms with E-state index in [4.69, 9.17) is 4.42 Å². The molecule has 1 heterocycles. The summed E-state index contributed by atoms with van der Waals surface area (Å²) in [4.78, 5) is 0.998. The van der Waals surface area contributed by atoms with Crippen molar-refractivity contribution in [2.24, 2.45) is 0 Å². The molecule has 19 heavy (non-hydrogen) atoms. The van der Waals surface area contributed by atoms with Gasteiger partial charge in [0.1, 0.15) is 11.8 Å².